The van der Waals surface area contributed by atoms with Crippen LogP contribution in [-0.4, -0.2) is 65.8 Å². The summed E-state index contributed by atoms with van der Waals surface area (Å²) in [6.07, 6.45) is -5.86. The minimum absolute atomic E-state index is 0.408. The summed E-state index contributed by atoms with van der Waals surface area (Å²) in [7, 11) is 0. The molecule has 2 rings (SSSR count). The van der Waals surface area contributed by atoms with Gasteiger partial charge in [0.05, 0.1) is 6.10 Å². The first kappa shape index (κ1) is 16.7. The number of benzene rings is 1. The summed E-state index contributed by atoms with van der Waals surface area (Å²) in [6.45, 7) is 0. The Labute approximate surface area is 129 Å². The number of carboxylic acid groups (broad SMARTS) is 1. The number of carbonyl (C=O) groups excluding carboxylic acids is 1. The molecule has 0 fully saturated rings. The van der Waals surface area contributed by atoms with Gasteiger partial charge in [0.25, 0.3) is 0 Å². The lowest BCUT2D eigenvalue weighted by Gasteiger charge is -2.31. The van der Waals surface area contributed by atoms with Gasteiger partial charge in [-0.1, -0.05) is 0 Å². The number of rotatable bonds is 3. The Kier molecular flexibility index (Phi) is 4.28. The molecule has 0 heterocycles. The van der Waals surface area contributed by atoms with Gasteiger partial charge in [0.2, 0.25) is 0 Å². The van der Waals surface area contributed by atoms with Crippen molar-refractivity contribution in [1.82, 2.24) is 0 Å². The first-order valence-electron chi connectivity index (χ1n) is 6.45. The normalized spacial score (nSPS) is 24.6. The van der Waals surface area contributed by atoms with Crippen LogP contribution < -0.4 is 0 Å². The van der Waals surface area contributed by atoms with Gasteiger partial charge in [-0.25, -0.2) is 4.79 Å². The number of ketones is 1. The van der Waals surface area contributed by atoms with E-state index in [1.54, 1.807) is 0 Å². The number of phenolic OH excluding ortho intramolecular Hbond substituents is 3. The predicted molar refractivity (Wildman–Crippen MR) is 73.1 cm³/mol. The number of carboxylic acids is 1. The lowest BCUT2D eigenvalue weighted by Crippen LogP contribution is -2.45. The van der Waals surface area contributed by atoms with Crippen molar-refractivity contribution in [2.45, 2.75) is 24.7 Å². The predicted octanol–water partition coefficient (Wildman–Crippen LogP) is -1.15. The van der Waals surface area contributed by atoms with Crippen molar-refractivity contribution < 1.29 is 45.3 Å². The molecule has 1 aliphatic carbocycles. The van der Waals surface area contributed by atoms with Crippen molar-refractivity contribution in [3.63, 3.8) is 0 Å². The highest BCUT2D eigenvalue weighted by atomic mass is 16.4. The Hall–Kier alpha value is -2.62. The summed E-state index contributed by atoms with van der Waals surface area (Å²) >= 11 is 0. The molecular weight excluding hydrogens is 312 g/mol. The zero-order chi connectivity index (χ0) is 17.5. The van der Waals surface area contributed by atoms with Crippen LogP contribution >= 0.6 is 0 Å². The summed E-state index contributed by atoms with van der Waals surface area (Å²) < 4.78 is 0. The van der Waals surface area contributed by atoms with Crippen molar-refractivity contribution >= 4 is 11.8 Å². The molecular formula is C14H14O9. The molecule has 124 valence electrons. The number of aromatic hydroxyl groups is 3. The number of Topliss-reactive ketones (excluding diaryl/α,β-unsaturated/α-hetero) is 1. The van der Waals surface area contributed by atoms with Gasteiger partial charge in [-0.3, -0.25) is 4.79 Å². The van der Waals surface area contributed by atoms with E-state index in [9.17, 15) is 40.2 Å². The van der Waals surface area contributed by atoms with E-state index in [2.05, 4.69) is 0 Å². The van der Waals surface area contributed by atoms with Crippen molar-refractivity contribution in [2.75, 3.05) is 0 Å². The SMILES string of the molecule is O=C(O)C1=C(C(=O)c2cc(O)c(O)c(O)c2)C(O)C(O)C(O)C1. The molecule has 0 aromatic heterocycles. The number of hydrogen-bond acceptors (Lipinski definition) is 8. The summed E-state index contributed by atoms with van der Waals surface area (Å²) in [5.41, 5.74) is -1.67. The Morgan fingerprint density at radius 3 is 2.00 bits per heavy atom. The van der Waals surface area contributed by atoms with Crippen molar-refractivity contribution in [3.05, 3.63) is 28.8 Å². The highest BCUT2D eigenvalue weighted by molar-refractivity contribution is 6.14. The fourth-order valence-electron chi connectivity index (χ4n) is 2.36. The first-order chi connectivity index (χ1) is 10.6. The summed E-state index contributed by atoms with van der Waals surface area (Å²) in [4.78, 5) is 23.6. The lowest BCUT2D eigenvalue weighted by atomic mass is 9.81. The molecule has 7 N–H and O–H groups in total. The second-order valence-electron chi connectivity index (χ2n) is 5.10. The Morgan fingerprint density at radius 1 is 1.00 bits per heavy atom. The van der Waals surface area contributed by atoms with E-state index in [1.807, 2.05) is 0 Å². The lowest BCUT2D eigenvalue weighted by molar-refractivity contribution is -0.134. The largest absolute Gasteiger partial charge is 0.504 e. The van der Waals surface area contributed by atoms with Gasteiger partial charge in [-0.2, -0.15) is 0 Å². The van der Waals surface area contributed by atoms with Crippen molar-refractivity contribution in [2.24, 2.45) is 0 Å². The second-order valence-corrected chi connectivity index (χ2v) is 5.10. The first-order valence-corrected chi connectivity index (χ1v) is 6.45. The topological polar surface area (TPSA) is 176 Å². The smallest absolute Gasteiger partial charge is 0.332 e. The van der Waals surface area contributed by atoms with Crippen LogP contribution in [0.25, 0.3) is 0 Å². The minimum Gasteiger partial charge on any atom is -0.504 e. The van der Waals surface area contributed by atoms with Crippen LogP contribution in [-0.2, 0) is 4.79 Å². The van der Waals surface area contributed by atoms with E-state index in [0.717, 1.165) is 12.1 Å². The molecule has 1 aromatic carbocycles. The van der Waals surface area contributed by atoms with Gasteiger partial charge >= 0.3 is 5.97 Å². The molecule has 1 aromatic rings. The van der Waals surface area contributed by atoms with Gasteiger partial charge < -0.3 is 35.7 Å². The van der Waals surface area contributed by atoms with Gasteiger partial charge in [0, 0.05) is 23.1 Å². The fraction of sp³-hybridized carbons (Fsp3) is 0.286. The third kappa shape index (κ3) is 2.84. The molecule has 0 aliphatic heterocycles. The Balaban J connectivity index is 2.58. The maximum absolute atomic E-state index is 12.4. The molecule has 0 saturated carbocycles. The quantitative estimate of drug-likeness (QED) is 0.267. The van der Waals surface area contributed by atoms with E-state index in [-0.39, 0.29) is 0 Å². The standard InChI is InChI=1S/C14H14O9/c15-6-1-4(2-7(16)11(6)19)10(18)9-5(14(22)23)3-8(17)12(20)13(9)21/h1-2,8,12-13,15-17,19-21H,3H2,(H,22,23). The van der Waals surface area contributed by atoms with Gasteiger partial charge in [0.1, 0.15) is 12.2 Å². The molecule has 0 saturated heterocycles. The monoisotopic (exact) mass is 326 g/mol. The molecule has 1 aliphatic rings. The highest BCUT2D eigenvalue weighted by Gasteiger charge is 2.41. The summed E-state index contributed by atoms with van der Waals surface area (Å²) in [5.74, 6) is -5.15. The van der Waals surface area contributed by atoms with Crippen LogP contribution in [0.5, 0.6) is 17.2 Å². The van der Waals surface area contributed by atoms with Crippen LogP contribution in [0.2, 0.25) is 0 Å². The molecule has 3 unspecified atom stereocenters. The summed E-state index contributed by atoms with van der Waals surface area (Å²) in [6, 6.07) is 1.54. The van der Waals surface area contributed by atoms with Gasteiger partial charge in [0.15, 0.2) is 23.0 Å². The number of aliphatic carboxylic acids is 1. The Morgan fingerprint density at radius 2 is 1.52 bits per heavy atom. The van der Waals surface area contributed by atoms with E-state index < -0.39 is 70.4 Å². The second kappa shape index (κ2) is 5.88. The van der Waals surface area contributed by atoms with E-state index in [1.165, 1.54) is 0 Å². The molecule has 23 heavy (non-hydrogen) atoms. The third-order valence-corrected chi connectivity index (χ3v) is 3.59. The summed E-state index contributed by atoms with van der Waals surface area (Å²) in [5, 5.41) is 66.3. The number of carbonyl (C=O) groups is 2. The number of phenols is 3. The fourth-order valence-corrected chi connectivity index (χ4v) is 2.36. The van der Waals surface area contributed by atoms with Crippen LogP contribution in [0.4, 0.5) is 0 Å². The van der Waals surface area contributed by atoms with Crippen LogP contribution in [0.1, 0.15) is 16.8 Å². The minimum atomic E-state index is -1.96. The van der Waals surface area contributed by atoms with Gasteiger partial charge in [-0.05, 0) is 12.1 Å². The zero-order valence-corrected chi connectivity index (χ0v) is 11.5. The molecule has 0 spiro atoms. The van der Waals surface area contributed by atoms with E-state index in [4.69, 9.17) is 5.11 Å². The van der Waals surface area contributed by atoms with Crippen LogP contribution in [0, 0.1) is 0 Å². The third-order valence-electron chi connectivity index (χ3n) is 3.59. The molecule has 9 heteroatoms. The maximum Gasteiger partial charge on any atom is 0.332 e. The van der Waals surface area contributed by atoms with Crippen LogP contribution in [0.3, 0.4) is 0 Å². The molecule has 0 radical (unpaired) electrons. The number of hydrogen-bond donors (Lipinski definition) is 7. The molecule has 0 amide bonds. The van der Waals surface area contributed by atoms with Crippen LogP contribution in [0.15, 0.2) is 23.3 Å². The Bertz CT molecular complexity index is 683. The average Bonchev–Trinajstić information content (AvgIpc) is 2.48. The molecule has 3 atom stereocenters. The van der Waals surface area contributed by atoms with Crippen molar-refractivity contribution in [1.29, 1.82) is 0 Å². The molecule has 0 bridgehead atoms. The highest BCUT2D eigenvalue weighted by Crippen LogP contribution is 2.37. The zero-order valence-electron chi connectivity index (χ0n) is 11.5. The molecule has 9 nitrogen and oxygen atoms in total. The number of aliphatic hydroxyl groups is 3. The average molecular weight is 326 g/mol. The van der Waals surface area contributed by atoms with Crippen molar-refractivity contribution in [3.8, 4) is 17.2 Å². The van der Waals surface area contributed by atoms with Gasteiger partial charge in [-0.15, -0.1) is 0 Å². The maximum atomic E-state index is 12.4. The number of aliphatic hydroxyl groups excluding tert-OH is 3. The van der Waals surface area contributed by atoms with E-state index >= 15 is 0 Å². The van der Waals surface area contributed by atoms with E-state index in [0.29, 0.717) is 0 Å².